The molecule has 112 valence electrons. The van der Waals surface area contributed by atoms with Crippen LogP contribution in [-0.2, 0) is 14.3 Å². The average molecular weight is 276 g/mol. The maximum absolute atomic E-state index is 10.6. The Labute approximate surface area is 113 Å². The molecule has 6 heteroatoms. The summed E-state index contributed by atoms with van der Waals surface area (Å²) in [5.41, 5.74) is -1.35. The Balaban J connectivity index is 0. The highest BCUT2D eigenvalue weighted by molar-refractivity contribution is 5.81. The third-order valence-electron chi connectivity index (χ3n) is 2.17. The lowest BCUT2D eigenvalue weighted by atomic mass is 9.96. The Morgan fingerprint density at radius 2 is 1.63 bits per heavy atom. The molecule has 6 nitrogen and oxygen atoms in total. The third-order valence-corrected chi connectivity index (χ3v) is 2.17. The lowest BCUT2D eigenvalue weighted by Crippen LogP contribution is -2.27. The maximum Gasteiger partial charge on any atom is 0.330 e. The van der Waals surface area contributed by atoms with Gasteiger partial charge in [-0.2, -0.15) is 0 Å². The van der Waals surface area contributed by atoms with Crippen LogP contribution in [0.15, 0.2) is 12.7 Å². The van der Waals surface area contributed by atoms with Crippen molar-refractivity contribution < 1.29 is 29.6 Å². The molecule has 0 fully saturated rings. The molecule has 0 aromatic heterocycles. The van der Waals surface area contributed by atoms with Crippen LogP contribution < -0.4 is 0 Å². The number of ether oxygens (including phenoxy) is 1. The smallest absolute Gasteiger partial charge is 0.330 e. The predicted molar refractivity (Wildman–Crippen MR) is 70.5 cm³/mol. The van der Waals surface area contributed by atoms with Crippen molar-refractivity contribution in [3.63, 3.8) is 0 Å². The molecule has 0 aliphatic carbocycles. The van der Waals surface area contributed by atoms with E-state index in [1.807, 2.05) is 13.8 Å². The molecule has 0 aromatic rings. The van der Waals surface area contributed by atoms with Crippen molar-refractivity contribution in [2.45, 2.75) is 27.7 Å². The van der Waals surface area contributed by atoms with Gasteiger partial charge in [0.05, 0.1) is 25.2 Å². The molecule has 0 aliphatic heterocycles. The molecule has 0 amide bonds. The van der Waals surface area contributed by atoms with E-state index in [9.17, 15) is 9.59 Å². The third kappa shape index (κ3) is 10.2. The van der Waals surface area contributed by atoms with Gasteiger partial charge >= 0.3 is 11.9 Å². The summed E-state index contributed by atoms with van der Waals surface area (Å²) in [6, 6.07) is 0. The van der Waals surface area contributed by atoms with Crippen LogP contribution in [0.25, 0.3) is 0 Å². The fraction of sp³-hybridized carbons (Fsp3) is 0.692. The summed E-state index contributed by atoms with van der Waals surface area (Å²) >= 11 is 0. The van der Waals surface area contributed by atoms with Crippen molar-refractivity contribution in [3.8, 4) is 0 Å². The highest BCUT2D eigenvalue weighted by atomic mass is 16.5. The summed E-state index contributed by atoms with van der Waals surface area (Å²) in [7, 11) is 0. The van der Waals surface area contributed by atoms with E-state index in [2.05, 4.69) is 6.58 Å². The molecule has 0 saturated heterocycles. The minimum absolute atomic E-state index is 0.00256. The van der Waals surface area contributed by atoms with E-state index in [4.69, 9.17) is 20.1 Å². The number of esters is 1. The molecule has 0 spiro atoms. The average Bonchev–Trinajstić information content (AvgIpc) is 2.36. The number of carboxylic acids is 1. The van der Waals surface area contributed by atoms with E-state index in [1.165, 1.54) is 13.8 Å². The number of aliphatic carboxylic acids is 1. The number of carboxylic acid groups (broad SMARTS) is 1. The number of aliphatic hydroxyl groups is 2. The van der Waals surface area contributed by atoms with Gasteiger partial charge in [0.2, 0.25) is 0 Å². The van der Waals surface area contributed by atoms with E-state index >= 15 is 0 Å². The minimum atomic E-state index is -0.986. The monoisotopic (exact) mass is 276 g/mol. The first-order valence-corrected chi connectivity index (χ1v) is 5.76. The van der Waals surface area contributed by atoms with Gasteiger partial charge in [0.1, 0.15) is 0 Å². The summed E-state index contributed by atoms with van der Waals surface area (Å²) in [6.45, 7) is 9.70. The number of rotatable bonds is 6. The fourth-order valence-corrected chi connectivity index (χ4v) is 0.439. The molecule has 0 aromatic carbocycles. The highest BCUT2D eigenvalue weighted by Gasteiger charge is 2.25. The van der Waals surface area contributed by atoms with Crippen molar-refractivity contribution in [1.82, 2.24) is 0 Å². The molecule has 0 radical (unpaired) electrons. The van der Waals surface area contributed by atoms with Crippen LogP contribution in [0.3, 0.4) is 0 Å². The molecule has 0 atom stereocenters. The van der Waals surface area contributed by atoms with Gasteiger partial charge in [-0.3, -0.25) is 4.79 Å². The molecule has 3 N–H and O–H groups in total. The molecule has 0 rings (SSSR count). The van der Waals surface area contributed by atoms with Crippen molar-refractivity contribution in [1.29, 1.82) is 0 Å². The van der Waals surface area contributed by atoms with Crippen molar-refractivity contribution in [2.75, 3.05) is 19.8 Å². The first-order chi connectivity index (χ1) is 8.52. The van der Waals surface area contributed by atoms with Gasteiger partial charge in [-0.25, -0.2) is 4.79 Å². The zero-order chi connectivity index (χ0) is 15.7. The summed E-state index contributed by atoms with van der Waals surface area (Å²) < 4.78 is 4.73. The zero-order valence-electron chi connectivity index (χ0n) is 12.0. The first-order valence-electron chi connectivity index (χ1n) is 5.76. The molecular formula is C13H24O6. The van der Waals surface area contributed by atoms with Crippen LogP contribution in [0.1, 0.15) is 27.7 Å². The second kappa shape index (κ2) is 8.66. The highest BCUT2D eigenvalue weighted by Crippen LogP contribution is 2.13. The normalized spacial score (nSPS) is 11.1. The van der Waals surface area contributed by atoms with Gasteiger partial charge in [-0.15, -0.1) is 0 Å². The van der Waals surface area contributed by atoms with Crippen molar-refractivity contribution in [3.05, 3.63) is 12.7 Å². The van der Waals surface area contributed by atoms with Gasteiger partial charge in [0.25, 0.3) is 0 Å². The summed E-state index contributed by atoms with van der Waals surface area (Å²) in [5, 5.41) is 25.4. The Morgan fingerprint density at radius 3 is 1.84 bits per heavy atom. The number of aliphatic hydroxyl groups excluding tert-OH is 2. The Hall–Kier alpha value is -1.40. The van der Waals surface area contributed by atoms with Gasteiger partial charge in [0.15, 0.2) is 0 Å². The number of hydrogen-bond acceptors (Lipinski definition) is 5. The van der Waals surface area contributed by atoms with Crippen LogP contribution in [0.4, 0.5) is 0 Å². The van der Waals surface area contributed by atoms with Gasteiger partial charge in [-0.05, 0) is 13.8 Å². The maximum atomic E-state index is 10.6. The zero-order valence-corrected chi connectivity index (χ0v) is 12.0. The minimum Gasteiger partial charge on any atom is -0.481 e. The summed E-state index contributed by atoms with van der Waals surface area (Å²) in [4.78, 5) is 20.6. The van der Waals surface area contributed by atoms with E-state index in [0.29, 0.717) is 0 Å². The standard InChI is InChI=1S/C8H14O3.C5H10O3/c1-4-7(10)11-6-8(2,3)5-9;1-5(2,3-6)4(7)8/h4,9H,1,5-6H2,2-3H3;6H,3H2,1-2H3,(H,7,8). The SMILES string of the molecule is C=CC(=O)OCC(C)(C)CO.CC(C)(CO)C(=O)O. The van der Waals surface area contributed by atoms with Gasteiger partial charge < -0.3 is 20.1 Å². The van der Waals surface area contributed by atoms with Crippen molar-refractivity contribution in [2.24, 2.45) is 10.8 Å². The Kier molecular flexibility index (Phi) is 9.08. The van der Waals surface area contributed by atoms with Crippen molar-refractivity contribution >= 4 is 11.9 Å². The lowest BCUT2D eigenvalue weighted by molar-refractivity contribution is -0.149. The number of carbonyl (C=O) groups excluding carboxylic acids is 1. The second-order valence-corrected chi connectivity index (χ2v) is 5.48. The van der Waals surface area contributed by atoms with E-state index in [-0.39, 0.29) is 25.2 Å². The molecule has 0 aliphatic rings. The quantitative estimate of drug-likeness (QED) is 0.490. The fourth-order valence-electron chi connectivity index (χ4n) is 0.439. The molecule has 0 heterocycles. The van der Waals surface area contributed by atoms with Crippen LogP contribution >= 0.6 is 0 Å². The van der Waals surface area contributed by atoms with Crippen LogP contribution in [0, 0.1) is 10.8 Å². The largest absolute Gasteiger partial charge is 0.481 e. The summed E-state index contributed by atoms with van der Waals surface area (Å²) in [5.74, 6) is -1.42. The molecule has 0 unspecified atom stereocenters. The molecular weight excluding hydrogens is 252 g/mol. The Morgan fingerprint density at radius 1 is 1.16 bits per heavy atom. The van der Waals surface area contributed by atoms with Crippen LogP contribution in [0.5, 0.6) is 0 Å². The first kappa shape index (κ1) is 19.9. The number of hydrogen-bond donors (Lipinski definition) is 3. The summed E-state index contributed by atoms with van der Waals surface area (Å²) in [6.07, 6.45) is 1.10. The van der Waals surface area contributed by atoms with E-state index in [0.717, 1.165) is 6.08 Å². The molecule has 0 saturated carbocycles. The lowest BCUT2D eigenvalue weighted by Gasteiger charge is -2.20. The second-order valence-electron chi connectivity index (χ2n) is 5.48. The molecule has 0 bridgehead atoms. The topological polar surface area (TPSA) is 104 Å². The van der Waals surface area contributed by atoms with E-state index < -0.39 is 17.4 Å². The van der Waals surface area contributed by atoms with E-state index in [1.54, 1.807) is 0 Å². The number of carbonyl (C=O) groups is 2. The molecule has 19 heavy (non-hydrogen) atoms. The van der Waals surface area contributed by atoms with Crippen LogP contribution in [-0.4, -0.2) is 47.1 Å². The van der Waals surface area contributed by atoms with Crippen LogP contribution in [0.2, 0.25) is 0 Å². The Bertz CT molecular complexity index is 306. The predicted octanol–water partition coefficient (Wildman–Crippen LogP) is 0.824. The van der Waals surface area contributed by atoms with Gasteiger partial charge in [-0.1, -0.05) is 20.4 Å². The van der Waals surface area contributed by atoms with Gasteiger partial charge in [0, 0.05) is 11.5 Å².